The molecule has 96 valence electrons. The Bertz CT molecular complexity index is 600. The standard InChI is InChI=1S/C16H14O3/c1-16(19-15(17)18-2)13-9-5-3-7-11(13)12-8-4-6-10-14(12)16/h3-10H,1-2H3. The molecule has 0 unspecified atom stereocenters. The largest absolute Gasteiger partial charge is 0.509 e. The first-order valence-corrected chi connectivity index (χ1v) is 6.13. The molecule has 0 bridgehead atoms. The Labute approximate surface area is 111 Å². The average molecular weight is 254 g/mol. The maximum absolute atomic E-state index is 11.5. The Morgan fingerprint density at radius 1 is 0.947 bits per heavy atom. The van der Waals surface area contributed by atoms with E-state index in [4.69, 9.17) is 4.74 Å². The number of hydrogen-bond acceptors (Lipinski definition) is 3. The van der Waals surface area contributed by atoms with E-state index in [0.717, 1.165) is 22.3 Å². The Morgan fingerprint density at radius 2 is 1.42 bits per heavy atom. The highest BCUT2D eigenvalue weighted by Crippen LogP contribution is 2.49. The van der Waals surface area contributed by atoms with Crippen LogP contribution in [0.15, 0.2) is 48.5 Å². The summed E-state index contributed by atoms with van der Waals surface area (Å²) in [6, 6.07) is 15.9. The molecule has 0 aliphatic heterocycles. The van der Waals surface area contributed by atoms with E-state index < -0.39 is 11.8 Å². The van der Waals surface area contributed by atoms with Crippen molar-refractivity contribution < 1.29 is 14.3 Å². The molecule has 2 aromatic carbocycles. The first-order chi connectivity index (χ1) is 9.16. The van der Waals surface area contributed by atoms with E-state index in [9.17, 15) is 4.79 Å². The minimum absolute atomic E-state index is 0.672. The molecule has 0 atom stereocenters. The molecule has 1 aliphatic rings. The van der Waals surface area contributed by atoms with Crippen molar-refractivity contribution in [3.8, 4) is 11.1 Å². The van der Waals surface area contributed by atoms with E-state index in [1.165, 1.54) is 7.11 Å². The summed E-state index contributed by atoms with van der Waals surface area (Å²) >= 11 is 0. The molecule has 0 saturated carbocycles. The molecule has 3 rings (SSSR count). The van der Waals surface area contributed by atoms with E-state index in [2.05, 4.69) is 4.74 Å². The molecule has 3 heteroatoms. The van der Waals surface area contributed by atoms with Gasteiger partial charge in [0.2, 0.25) is 0 Å². The monoisotopic (exact) mass is 254 g/mol. The maximum Gasteiger partial charge on any atom is 0.509 e. The van der Waals surface area contributed by atoms with E-state index in [1.807, 2.05) is 55.5 Å². The SMILES string of the molecule is COC(=O)OC1(C)c2ccccc2-c2ccccc21. The van der Waals surface area contributed by atoms with Crippen LogP contribution < -0.4 is 0 Å². The van der Waals surface area contributed by atoms with Gasteiger partial charge in [-0.25, -0.2) is 4.79 Å². The van der Waals surface area contributed by atoms with E-state index in [0.29, 0.717) is 0 Å². The molecule has 1 aliphatic carbocycles. The zero-order valence-electron chi connectivity index (χ0n) is 10.8. The predicted octanol–water partition coefficient (Wildman–Crippen LogP) is 3.71. The lowest BCUT2D eigenvalue weighted by Gasteiger charge is -2.26. The summed E-state index contributed by atoms with van der Waals surface area (Å²) in [7, 11) is 1.32. The number of benzene rings is 2. The molecule has 0 spiro atoms. The maximum atomic E-state index is 11.5. The summed E-state index contributed by atoms with van der Waals surface area (Å²) in [6.07, 6.45) is -0.672. The summed E-state index contributed by atoms with van der Waals surface area (Å²) in [6.45, 7) is 1.90. The first-order valence-electron chi connectivity index (χ1n) is 6.13. The number of ether oxygens (including phenoxy) is 2. The molecular formula is C16H14O3. The minimum Gasteiger partial charge on any atom is -0.438 e. The zero-order chi connectivity index (χ0) is 13.5. The Balaban J connectivity index is 2.22. The highest BCUT2D eigenvalue weighted by atomic mass is 16.7. The highest BCUT2D eigenvalue weighted by Gasteiger charge is 2.42. The van der Waals surface area contributed by atoms with Crippen LogP contribution >= 0.6 is 0 Å². The Kier molecular flexibility index (Phi) is 2.56. The quantitative estimate of drug-likeness (QED) is 0.728. The molecule has 2 aromatic rings. The molecule has 3 nitrogen and oxygen atoms in total. The van der Waals surface area contributed by atoms with Crippen molar-refractivity contribution >= 4 is 6.16 Å². The van der Waals surface area contributed by atoms with Gasteiger partial charge in [0.15, 0.2) is 5.60 Å². The van der Waals surface area contributed by atoms with Crippen molar-refractivity contribution in [3.05, 3.63) is 59.7 Å². The van der Waals surface area contributed by atoms with Gasteiger partial charge in [0.25, 0.3) is 0 Å². The normalized spacial score (nSPS) is 14.4. The molecule has 0 aromatic heterocycles. The van der Waals surface area contributed by atoms with Crippen LogP contribution in [-0.4, -0.2) is 13.3 Å². The molecule has 0 heterocycles. The summed E-state index contributed by atoms with van der Waals surface area (Å²) in [4.78, 5) is 11.5. The van der Waals surface area contributed by atoms with Crippen molar-refractivity contribution in [2.45, 2.75) is 12.5 Å². The molecule has 0 N–H and O–H groups in total. The van der Waals surface area contributed by atoms with Crippen molar-refractivity contribution in [2.24, 2.45) is 0 Å². The lowest BCUT2D eigenvalue weighted by molar-refractivity contribution is 0.00463. The third-order valence-electron chi connectivity index (χ3n) is 3.63. The van der Waals surface area contributed by atoms with Gasteiger partial charge in [0.05, 0.1) is 7.11 Å². The summed E-state index contributed by atoms with van der Waals surface area (Å²) in [5, 5.41) is 0. The summed E-state index contributed by atoms with van der Waals surface area (Å²) in [5.74, 6) is 0. The van der Waals surface area contributed by atoms with Crippen molar-refractivity contribution in [1.29, 1.82) is 0 Å². The van der Waals surface area contributed by atoms with Gasteiger partial charge in [-0.15, -0.1) is 0 Å². The van der Waals surface area contributed by atoms with Crippen LogP contribution in [0.5, 0.6) is 0 Å². The number of fused-ring (bicyclic) bond motifs is 3. The summed E-state index contributed by atoms with van der Waals surface area (Å²) in [5.41, 5.74) is 3.39. The average Bonchev–Trinajstić information content (AvgIpc) is 2.70. The van der Waals surface area contributed by atoms with Crippen LogP contribution in [0.1, 0.15) is 18.1 Å². The summed E-state index contributed by atoms with van der Waals surface area (Å²) < 4.78 is 10.2. The molecule has 0 amide bonds. The van der Waals surface area contributed by atoms with Crippen LogP contribution in [-0.2, 0) is 15.1 Å². The van der Waals surface area contributed by atoms with Crippen molar-refractivity contribution in [1.82, 2.24) is 0 Å². The number of carbonyl (C=O) groups excluding carboxylic acids is 1. The lowest BCUT2D eigenvalue weighted by Crippen LogP contribution is -2.28. The predicted molar refractivity (Wildman–Crippen MR) is 71.8 cm³/mol. The smallest absolute Gasteiger partial charge is 0.438 e. The first kappa shape index (κ1) is 11.8. The highest BCUT2D eigenvalue weighted by molar-refractivity contribution is 5.81. The topological polar surface area (TPSA) is 35.5 Å². The Morgan fingerprint density at radius 3 is 1.89 bits per heavy atom. The van der Waals surface area contributed by atoms with Gasteiger partial charge >= 0.3 is 6.16 Å². The molecular weight excluding hydrogens is 240 g/mol. The van der Waals surface area contributed by atoms with E-state index >= 15 is 0 Å². The fourth-order valence-corrected chi connectivity index (χ4v) is 2.73. The molecule has 0 saturated heterocycles. The molecule has 0 fully saturated rings. The second-order valence-corrected chi connectivity index (χ2v) is 4.68. The third-order valence-corrected chi connectivity index (χ3v) is 3.63. The van der Waals surface area contributed by atoms with Gasteiger partial charge in [-0.05, 0) is 18.1 Å². The number of rotatable bonds is 1. The van der Waals surface area contributed by atoms with E-state index in [1.54, 1.807) is 0 Å². The van der Waals surface area contributed by atoms with Crippen molar-refractivity contribution in [3.63, 3.8) is 0 Å². The fraction of sp³-hybridized carbons (Fsp3) is 0.188. The van der Waals surface area contributed by atoms with Crippen molar-refractivity contribution in [2.75, 3.05) is 7.11 Å². The Hall–Kier alpha value is -2.29. The number of carbonyl (C=O) groups is 1. The second kappa shape index (κ2) is 4.12. The van der Waals surface area contributed by atoms with Crippen LogP contribution in [0.4, 0.5) is 4.79 Å². The zero-order valence-corrected chi connectivity index (χ0v) is 10.8. The second-order valence-electron chi connectivity index (χ2n) is 4.68. The van der Waals surface area contributed by atoms with Crippen LogP contribution in [0.2, 0.25) is 0 Å². The van der Waals surface area contributed by atoms with Gasteiger partial charge in [0, 0.05) is 11.1 Å². The van der Waals surface area contributed by atoms with Crippen LogP contribution in [0, 0.1) is 0 Å². The van der Waals surface area contributed by atoms with Gasteiger partial charge in [-0.2, -0.15) is 0 Å². The minimum atomic E-state index is -0.791. The third kappa shape index (κ3) is 1.62. The van der Waals surface area contributed by atoms with Gasteiger partial charge in [-0.3, -0.25) is 0 Å². The van der Waals surface area contributed by atoms with Crippen LogP contribution in [0.3, 0.4) is 0 Å². The van der Waals surface area contributed by atoms with Gasteiger partial charge < -0.3 is 9.47 Å². The fourth-order valence-electron chi connectivity index (χ4n) is 2.73. The van der Waals surface area contributed by atoms with E-state index in [-0.39, 0.29) is 0 Å². The molecule has 19 heavy (non-hydrogen) atoms. The lowest BCUT2D eigenvalue weighted by atomic mass is 9.93. The molecule has 0 radical (unpaired) electrons. The number of methoxy groups -OCH3 is 1. The van der Waals surface area contributed by atoms with Gasteiger partial charge in [0.1, 0.15) is 0 Å². The number of hydrogen-bond donors (Lipinski definition) is 0. The van der Waals surface area contributed by atoms with Gasteiger partial charge in [-0.1, -0.05) is 48.5 Å². The van der Waals surface area contributed by atoms with Crippen LogP contribution in [0.25, 0.3) is 11.1 Å².